The van der Waals surface area contributed by atoms with Crippen molar-refractivity contribution in [2.45, 2.75) is 37.6 Å². The van der Waals surface area contributed by atoms with Crippen LogP contribution in [0, 0.1) is 5.92 Å². The first-order valence-electron chi connectivity index (χ1n) is 5.62. The predicted molar refractivity (Wildman–Crippen MR) is 69.2 cm³/mol. The van der Waals surface area contributed by atoms with Gasteiger partial charge in [-0.25, -0.2) is 0 Å². The van der Waals surface area contributed by atoms with Crippen molar-refractivity contribution in [2.24, 2.45) is 11.7 Å². The van der Waals surface area contributed by atoms with Gasteiger partial charge < -0.3 is 5.73 Å². The lowest BCUT2D eigenvalue weighted by Crippen LogP contribution is -2.23. The molecule has 0 heterocycles. The molecule has 0 saturated heterocycles. The van der Waals surface area contributed by atoms with Crippen LogP contribution in [0.15, 0.2) is 35.2 Å². The zero-order chi connectivity index (χ0) is 11.1. The van der Waals surface area contributed by atoms with Gasteiger partial charge in [0.05, 0.1) is 0 Å². The second-order valence-electron chi connectivity index (χ2n) is 4.36. The molecule has 0 aliphatic heterocycles. The molecule has 0 bridgehead atoms. The molecule has 1 nitrogen and oxygen atoms in total. The van der Waals surface area contributed by atoms with Crippen molar-refractivity contribution < 1.29 is 0 Å². The second kappa shape index (κ2) is 6.91. The van der Waals surface area contributed by atoms with Crippen LogP contribution >= 0.6 is 11.8 Å². The van der Waals surface area contributed by atoms with Crippen LogP contribution < -0.4 is 5.73 Å². The van der Waals surface area contributed by atoms with Gasteiger partial charge in [0.1, 0.15) is 0 Å². The third-order valence-corrected chi connectivity index (χ3v) is 3.52. The third kappa shape index (κ3) is 5.85. The highest BCUT2D eigenvalue weighted by molar-refractivity contribution is 7.99. The van der Waals surface area contributed by atoms with Gasteiger partial charge in [-0.05, 0) is 30.9 Å². The molecule has 0 spiro atoms. The molecular weight excluding hydrogens is 202 g/mol. The standard InChI is InChI=1S/C13H21NS/c1-11(2)8-9-12(14)10-15-13-6-4-3-5-7-13/h3-7,11-12H,8-10,14H2,1-2H3. The molecule has 0 aromatic heterocycles. The largest absolute Gasteiger partial charge is 0.327 e. The van der Waals surface area contributed by atoms with Crippen LogP contribution in [0.25, 0.3) is 0 Å². The third-order valence-electron chi connectivity index (χ3n) is 2.32. The number of thioether (sulfide) groups is 1. The highest BCUT2D eigenvalue weighted by atomic mass is 32.2. The smallest absolute Gasteiger partial charge is 0.0134 e. The van der Waals surface area contributed by atoms with Crippen molar-refractivity contribution in [3.05, 3.63) is 30.3 Å². The Morgan fingerprint density at radius 2 is 1.80 bits per heavy atom. The molecule has 1 atom stereocenters. The van der Waals surface area contributed by atoms with Gasteiger partial charge >= 0.3 is 0 Å². The van der Waals surface area contributed by atoms with Gasteiger partial charge in [0.2, 0.25) is 0 Å². The summed E-state index contributed by atoms with van der Waals surface area (Å²) in [7, 11) is 0. The monoisotopic (exact) mass is 223 g/mol. The molecule has 15 heavy (non-hydrogen) atoms. The summed E-state index contributed by atoms with van der Waals surface area (Å²) in [4.78, 5) is 1.32. The Bertz CT molecular complexity index is 258. The van der Waals surface area contributed by atoms with E-state index in [4.69, 9.17) is 5.73 Å². The fraction of sp³-hybridized carbons (Fsp3) is 0.538. The first-order valence-corrected chi connectivity index (χ1v) is 6.60. The van der Waals surface area contributed by atoms with Gasteiger partial charge in [0.25, 0.3) is 0 Å². The average Bonchev–Trinajstić information content (AvgIpc) is 2.25. The fourth-order valence-electron chi connectivity index (χ4n) is 1.35. The van der Waals surface area contributed by atoms with E-state index >= 15 is 0 Å². The van der Waals surface area contributed by atoms with Crippen molar-refractivity contribution in [1.82, 2.24) is 0 Å². The van der Waals surface area contributed by atoms with E-state index in [-0.39, 0.29) is 0 Å². The molecule has 0 fully saturated rings. The first kappa shape index (κ1) is 12.6. The Hall–Kier alpha value is -0.470. The summed E-state index contributed by atoms with van der Waals surface area (Å²) in [6.07, 6.45) is 2.37. The van der Waals surface area contributed by atoms with E-state index in [1.807, 2.05) is 17.8 Å². The average molecular weight is 223 g/mol. The molecule has 0 amide bonds. The topological polar surface area (TPSA) is 26.0 Å². The minimum Gasteiger partial charge on any atom is -0.327 e. The number of hydrogen-bond donors (Lipinski definition) is 1. The van der Waals surface area contributed by atoms with Crippen LogP contribution in [0.5, 0.6) is 0 Å². The zero-order valence-corrected chi connectivity index (χ0v) is 10.5. The lowest BCUT2D eigenvalue weighted by atomic mass is 10.1. The number of rotatable bonds is 6. The van der Waals surface area contributed by atoms with Gasteiger partial charge in [-0.15, -0.1) is 11.8 Å². The predicted octanol–water partition coefficient (Wildman–Crippen LogP) is 3.54. The Morgan fingerprint density at radius 1 is 1.13 bits per heavy atom. The van der Waals surface area contributed by atoms with E-state index in [1.165, 1.54) is 11.3 Å². The highest BCUT2D eigenvalue weighted by Crippen LogP contribution is 2.19. The summed E-state index contributed by atoms with van der Waals surface area (Å²) in [6, 6.07) is 10.8. The molecule has 1 aromatic carbocycles. The minimum atomic E-state index is 0.331. The summed E-state index contributed by atoms with van der Waals surface area (Å²) < 4.78 is 0. The SMILES string of the molecule is CC(C)CCC(N)CSc1ccccc1. The van der Waals surface area contributed by atoms with Crippen molar-refractivity contribution in [3.63, 3.8) is 0 Å². The van der Waals surface area contributed by atoms with E-state index in [9.17, 15) is 0 Å². The summed E-state index contributed by atoms with van der Waals surface area (Å²) in [5.74, 6) is 1.79. The first-order chi connectivity index (χ1) is 7.18. The Morgan fingerprint density at radius 3 is 2.40 bits per heavy atom. The molecule has 0 saturated carbocycles. The van der Waals surface area contributed by atoms with Gasteiger partial charge in [-0.1, -0.05) is 32.0 Å². The molecule has 2 N–H and O–H groups in total. The fourth-order valence-corrected chi connectivity index (χ4v) is 2.27. The molecule has 84 valence electrons. The maximum Gasteiger partial charge on any atom is 0.0134 e. The maximum absolute atomic E-state index is 6.05. The summed E-state index contributed by atoms with van der Waals surface area (Å²) in [5, 5.41) is 0. The number of hydrogen-bond acceptors (Lipinski definition) is 2. The molecule has 2 heteroatoms. The molecule has 1 rings (SSSR count). The van der Waals surface area contributed by atoms with E-state index in [0.29, 0.717) is 6.04 Å². The number of nitrogens with two attached hydrogens (primary N) is 1. The minimum absolute atomic E-state index is 0.331. The van der Waals surface area contributed by atoms with Gasteiger partial charge in [0.15, 0.2) is 0 Å². The van der Waals surface area contributed by atoms with Crippen LogP contribution in [0.3, 0.4) is 0 Å². The molecule has 1 unspecified atom stereocenters. The van der Waals surface area contributed by atoms with Crippen LogP contribution in [-0.4, -0.2) is 11.8 Å². The number of benzene rings is 1. The van der Waals surface area contributed by atoms with Crippen LogP contribution in [-0.2, 0) is 0 Å². The molecule has 0 radical (unpaired) electrons. The van der Waals surface area contributed by atoms with E-state index in [1.54, 1.807) is 0 Å². The Kier molecular flexibility index (Phi) is 5.81. The summed E-state index contributed by atoms with van der Waals surface area (Å²) >= 11 is 1.86. The molecule has 1 aromatic rings. The molecule has 0 aliphatic rings. The molecular formula is C13H21NS. The van der Waals surface area contributed by atoms with Crippen LogP contribution in [0.4, 0.5) is 0 Å². The zero-order valence-electron chi connectivity index (χ0n) is 9.65. The van der Waals surface area contributed by atoms with Crippen molar-refractivity contribution >= 4 is 11.8 Å². The highest BCUT2D eigenvalue weighted by Gasteiger charge is 2.04. The van der Waals surface area contributed by atoms with E-state index in [0.717, 1.165) is 18.1 Å². The van der Waals surface area contributed by atoms with E-state index in [2.05, 4.69) is 38.1 Å². The van der Waals surface area contributed by atoms with E-state index < -0.39 is 0 Å². The van der Waals surface area contributed by atoms with Crippen LogP contribution in [0.2, 0.25) is 0 Å². The van der Waals surface area contributed by atoms with Gasteiger partial charge in [-0.3, -0.25) is 0 Å². The quantitative estimate of drug-likeness (QED) is 0.746. The second-order valence-corrected chi connectivity index (χ2v) is 5.45. The van der Waals surface area contributed by atoms with Crippen molar-refractivity contribution in [3.8, 4) is 0 Å². The Labute approximate surface area is 97.4 Å². The lowest BCUT2D eigenvalue weighted by molar-refractivity contribution is 0.517. The Balaban J connectivity index is 2.19. The summed E-state index contributed by atoms with van der Waals surface area (Å²) in [5.41, 5.74) is 6.05. The maximum atomic E-state index is 6.05. The van der Waals surface area contributed by atoms with Crippen molar-refractivity contribution in [1.29, 1.82) is 0 Å². The van der Waals surface area contributed by atoms with Crippen LogP contribution in [0.1, 0.15) is 26.7 Å². The normalized spacial score (nSPS) is 13.1. The lowest BCUT2D eigenvalue weighted by Gasteiger charge is -2.12. The summed E-state index contributed by atoms with van der Waals surface area (Å²) in [6.45, 7) is 4.49. The van der Waals surface area contributed by atoms with Gasteiger partial charge in [-0.2, -0.15) is 0 Å². The van der Waals surface area contributed by atoms with Gasteiger partial charge in [0, 0.05) is 16.7 Å². The molecule has 0 aliphatic carbocycles. The van der Waals surface area contributed by atoms with Crippen molar-refractivity contribution in [2.75, 3.05) is 5.75 Å².